The highest BCUT2D eigenvalue weighted by atomic mass is 16.7. The molecule has 0 saturated heterocycles. The highest BCUT2D eigenvalue weighted by Gasteiger charge is 2.38. The van der Waals surface area contributed by atoms with Crippen molar-refractivity contribution < 1.29 is 19.1 Å². The number of hydrogen-bond acceptors (Lipinski definition) is 4. The molecule has 0 aliphatic carbocycles. The normalized spacial score (nSPS) is 12.4. The van der Waals surface area contributed by atoms with Crippen LogP contribution in [0, 0.1) is 0 Å². The lowest BCUT2D eigenvalue weighted by molar-refractivity contribution is -0.225. The number of esters is 2. The predicted molar refractivity (Wildman–Crippen MR) is 168 cm³/mol. The van der Waals surface area contributed by atoms with Gasteiger partial charge in [-0.3, -0.25) is 0 Å². The lowest BCUT2D eigenvalue weighted by Gasteiger charge is -2.33. The summed E-state index contributed by atoms with van der Waals surface area (Å²) in [4.78, 5) is 24.7. The van der Waals surface area contributed by atoms with Crippen molar-refractivity contribution >= 4 is 11.9 Å². The summed E-state index contributed by atoms with van der Waals surface area (Å²) in [5.74, 6) is -2.51. The maximum atomic E-state index is 12.5. The highest BCUT2D eigenvalue weighted by Crippen LogP contribution is 2.29. The molecule has 226 valence electrons. The first-order chi connectivity index (χ1) is 19.4. The second-order valence-electron chi connectivity index (χ2n) is 11.5. The van der Waals surface area contributed by atoms with Gasteiger partial charge in [0.25, 0.3) is 5.79 Å². The number of ether oxygens (including phenoxy) is 2. The molecule has 0 aromatic heterocycles. The number of carbonyl (C=O) groups is 2. The third kappa shape index (κ3) is 18.1. The van der Waals surface area contributed by atoms with E-state index in [-0.39, 0.29) is 5.57 Å². The van der Waals surface area contributed by atoms with Gasteiger partial charge in [-0.1, -0.05) is 166 Å². The monoisotopic (exact) mass is 554 g/mol. The van der Waals surface area contributed by atoms with E-state index in [0.29, 0.717) is 12.8 Å². The van der Waals surface area contributed by atoms with Gasteiger partial charge in [0.15, 0.2) is 0 Å². The third-order valence-electron chi connectivity index (χ3n) is 7.56. The summed E-state index contributed by atoms with van der Waals surface area (Å²) in [6, 6.07) is 9.67. The zero-order valence-corrected chi connectivity index (χ0v) is 25.9. The van der Waals surface area contributed by atoms with Gasteiger partial charge in [0.05, 0.1) is 6.42 Å². The summed E-state index contributed by atoms with van der Waals surface area (Å²) in [6.45, 7) is 11.1. The fourth-order valence-corrected chi connectivity index (χ4v) is 5.14. The van der Waals surface area contributed by atoms with Crippen molar-refractivity contribution in [2.24, 2.45) is 0 Å². The van der Waals surface area contributed by atoms with Crippen LogP contribution in [0.1, 0.15) is 148 Å². The SMILES string of the molecule is C=CC(=O)OC(CCCCCCCCCCCCCCCCCCCCC)(Cc1ccccc1)OC(=O)C(=C)C. The number of hydrogen-bond donors (Lipinski definition) is 0. The van der Waals surface area contributed by atoms with Crippen molar-refractivity contribution in [1.29, 1.82) is 0 Å². The molecular formula is C36H58O4. The minimum atomic E-state index is -1.36. The van der Waals surface area contributed by atoms with E-state index in [1.807, 2.05) is 30.3 Å². The molecule has 0 saturated carbocycles. The quantitative estimate of drug-likeness (QED) is 0.0494. The molecule has 1 rings (SSSR count). The summed E-state index contributed by atoms with van der Waals surface area (Å²) in [5, 5.41) is 0. The highest BCUT2D eigenvalue weighted by molar-refractivity contribution is 5.87. The molecule has 0 amide bonds. The van der Waals surface area contributed by atoms with E-state index in [9.17, 15) is 9.59 Å². The van der Waals surface area contributed by atoms with Crippen molar-refractivity contribution in [3.8, 4) is 0 Å². The summed E-state index contributed by atoms with van der Waals surface area (Å²) in [6.07, 6.45) is 26.8. The Kier molecular flexibility index (Phi) is 20.8. The van der Waals surface area contributed by atoms with Crippen molar-refractivity contribution in [2.45, 2.75) is 154 Å². The maximum Gasteiger partial charge on any atom is 0.336 e. The fourth-order valence-electron chi connectivity index (χ4n) is 5.14. The van der Waals surface area contributed by atoms with Gasteiger partial charge in [-0.25, -0.2) is 9.59 Å². The van der Waals surface area contributed by atoms with E-state index in [1.54, 1.807) is 6.92 Å². The van der Waals surface area contributed by atoms with Gasteiger partial charge in [-0.2, -0.15) is 0 Å². The zero-order valence-electron chi connectivity index (χ0n) is 25.9. The van der Waals surface area contributed by atoms with Crippen LogP contribution in [-0.2, 0) is 25.5 Å². The number of rotatable bonds is 26. The Hall–Kier alpha value is -2.36. The average molecular weight is 555 g/mol. The van der Waals surface area contributed by atoms with Crippen LogP contribution in [0.25, 0.3) is 0 Å². The molecule has 0 N–H and O–H groups in total. The summed E-state index contributed by atoms with van der Waals surface area (Å²) in [5.41, 5.74) is 1.21. The number of benzene rings is 1. The minimum absolute atomic E-state index is 0.278. The molecule has 0 heterocycles. The van der Waals surface area contributed by atoms with Gasteiger partial charge in [-0.15, -0.1) is 0 Å². The first-order valence-electron chi connectivity index (χ1n) is 16.2. The van der Waals surface area contributed by atoms with Crippen molar-refractivity contribution in [3.05, 3.63) is 60.7 Å². The fraction of sp³-hybridized carbons (Fsp3) is 0.667. The average Bonchev–Trinajstić information content (AvgIpc) is 2.94. The largest absolute Gasteiger partial charge is 0.419 e. The van der Waals surface area contributed by atoms with Crippen LogP contribution in [0.3, 0.4) is 0 Å². The summed E-state index contributed by atoms with van der Waals surface area (Å²) < 4.78 is 11.5. The molecule has 4 heteroatoms. The van der Waals surface area contributed by atoms with Crippen LogP contribution in [0.15, 0.2) is 55.1 Å². The molecule has 40 heavy (non-hydrogen) atoms. The van der Waals surface area contributed by atoms with Crippen LogP contribution < -0.4 is 0 Å². The Labute approximate surface area is 246 Å². The molecule has 0 bridgehead atoms. The maximum absolute atomic E-state index is 12.5. The Morgan fingerprint density at radius 2 is 1.12 bits per heavy atom. The third-order valence-corrected chi connectivity index (χ3v) is 7.56. The van der Waals surface area contributed by atoms with Crippen LogP contribution >= 0.6 is 0 Å². The summed E-state index contributed by atoms with van der Waals surface area (Å²) >= 11 is 0. The van der Waals surface area contributed by atoms with Crippen molar-refractivity contribution in [2.75, 3.05) is 0 Å². The Morgan fingerprint density at radius 3 is 1.52 bits per heavy atom. The molecule has 4 nitrogen and oxygen atoms in total. The van der Waals surface area contributed by atoms with E-state index < -0.39 is 17.7 Å². The molecule has 1 aromatic carbocycles. The molecule has 0 fully saturated rings. The Morgan fingerprint density at radius 1 is 0.700 bits per heavy atom. The van der Waals surface area contributed by atoms with E-state index in [2.05, 4.69) is 20.1 Å². The minimum Gasteiger partial charge on any atom is -0.419 e. The number of carbonyl (C=O) groups excluding carboxylic acids is 2. The summed E-state index contributed by atoms with van der Waals surface area (Å²) in [7, 11) is 0. The molecule has 1 unspecified atom stereocenters. The Balaban J connectivity index is 2.26. The van der Waals surface area contributed by atoms with Crippen LogP contribution in [-0.4, -0.2) is 17.7 Å². The first kappa shape index (κ1) is 35.7. The zero-order chi connectivity index (χ0) is 29.3. The second-order valence-corrected chi connectivity index (χ2v) is 11.5. The lowest BCUT2D eigenvalue weighted by atomic mass is 9.97. The molecule has 0 aliphatic rings. The molecule has 0 radical (unpaired) electrons. The molecule has 0 spiro atoms. The van der Waals surface area contributed by atoms with E-state index in [1.165, 1.54) is 103 Å². The standard InChI is InChI=1S/C36H58O4/c1-5-7-8-9-10-11-12-13-14-15-16-17-18-19-20-21-22-23-27-30-36(39-34(37)6-2,40-35(38)32(3)4)31-33-28-25-24-26-29-33/h6,24-26,28-29H,2-3,5,7-23,27,30-31H2,1,4H3. The van der Waals surface area contributed by atoms with Gasteiger partial charge < -0.3 is 9.47 Å². The predicted octanol–water partition coefficient (Wildman–Crippen LogP) is 10.6. The van der Waals surface area contributed by atoms with Crippen LogP contribution in [0.4, 0.5) is 0 Å². The van der Waals surface area contributed by atoms with Crippen molar-refractivity contribution in [3.63, 3.8) is 0 Å². The van der Waals surface area contributed by atoms with Gasteiger partial charge in [-0.05, 0) is 18.9 Å². The van der Waals surface area contributed by atoms with Gasteiger partial charge in [0, 0.05) is 18.1 Å². The molecule has 1 atom stereocenters. The van der Waals surface area contributed by atoms with Crippen LogP contribution in [0.2, 0.25) is 0 Å². The smallest absolute Gasteiger partial charge is 0.336 e. The molecule has 1 aromatic rings. The second kappa shape index (κ2) is 23.4. The first-order valence-corrected chi connectivity index (χ1v) is 16.2. The van der Waals surface area contributed by atoms with Crippen molar-refractivity contribution in [1.82, 2.24) is 0 Å². The van der Waals surface area contributed by atoms with Gasteiger partial charge >= 0.3 is 11.9 Å². The van der Waals surface area contributed by atoms with Gasteiger partial charge in [0.2, 0.25) is 0 Å². The van der Waals surface area contributed by atoms with Gasteiger partial charge in [0.1, 0.15) is 0 Å². The molecule has 0 aliphatic heterocycles. The lowest BCUT2D eigenvalue weighted by Crippen LogP contribution is -2.42. The van der Waals surface area contributed by atoms with E-state index in [0.717, 1.165) is 30.9 Å². The topological polar surface area (TPSA) is 52.6 Å². The Bertz CT molecular complexity index is 815. The van der Waals surface area contributed by atoms with E-state index in [4.69, 9.17) is 9.47 Å². The number of unbranched alkanes of at least 4 members (excludes halogenated alkanes) is 18. The van der Waals surface area contributed by atoms with Crippen LogP contribution in [0.5, 0.6) is 0 Å². The molecular weight excluding hydrogens is 496 g/mol. The van der Waals surface area contributed by atoms with E-state index >= 15 is 0 Å².